The summed E-state index contributed by atoms with van der Waals surface area (Å²) in [7, 11) is 15.0. The smallest absolute Gasteiger partial charge is 0.409 e. The van der Waals surface area contributed by atoms with E-state index in [0.29, 0.717) is 48.6 Å². The summed E-state index contributed by atoms with van der Waals surface area (Å²) < 4.78 is 58.6. The van der Waals surface area contributed by atoms with Crippen molar-refractivity contribution in [2.24, 2.45) is 11.8 Å². The molecule has 106 heavy (non-hydrogen) atoms. The normalized spacial score (nSPS) is 31.7. The second-order valence-electron chi connectivity index (χ2n) is 30.5. The molecule has 586 valence electrons. The van der Waals surface area contributed by atoms with Crippen molar-refractivity contribution in [2.75, 3.05) is 66.4 Å². The molecular formula is C76H106Cl2N6O20S2. The lowest BCUT2D eigenvalue weighted by molar-refractivity contribution is -0.162. The van der Waals surface area contributed by atoms with Gasteiger partial charge in [-0.1, -0.05) is 106 Å². The lowest BCUT2D eigenvalue weighted by Crippen LogP contribution is -2.63. The molecule has 4 fully saturated rings. The molecule has 8 bridgehead atoms. The quantitative estimate of drug-likeness (QED) is 0.0439. The number of anilines is 2. The average molecular weight is 1560 g/mol. The largest absolute Gasteiger partial charge is 0.495 e. The van der Waals surface area contributed by atoms with Gasteiger partial charge in [0.05, 0.1) is 50.6 Å². The number of hydrogen-bond acceptors (Lipinski definition) is 22. The Morgan fingerprint density at radius 2 is 0.981 bits per heavy atom. The number of methoxy groups -OCH3 is 4. The molecule has 6 amide bonds. The molecule has 0 aromatic heterocycles. The molecule has 8 rings (SSSR count). The lowest BCUT2D eigenvalue weighted by Gasteiger charge is -2.42. The van der Waals surface area contributed by atoms with Crippen molar-refractivity contribution in [1.82, 2.24) is 20.4 Å². The van der Waals surface area contributed by atoms with Crippen LogP contribution in [0, 0.1) is 11.8 Å². The molecule has 14 unspecified atom stereocenters. The van der Waals surface area contributed by atoms with Crippen LogP contribution >= 0.6 is 44.8 Å². The van der Waals surface area contributed by atoms with Crippen molar-refractivity contribution < 1.29 is 95.9 Å². The van der Waals surface area contributed by atoms with Crippen LogP contribution in [-0.4, -0.2) is 217 Å². The fourth-order valence-corrected chi connectivity index (χ4v) is 17.2. The Bertz CT molecular complexity index is 3540. The summed E-state index contributed by atoms with van der Waals surface area (Å²) in [6.07, 6.45) is 1.41. The summed E-state index contributed by atoms with van der Waals surface area (Å²) in [4.78, 5) is 118. The van der Waals surface area contributed by atoms with Crippen molar-refractivity contribution in [1.29, 1.82) is 0 Å². The molecular weight excluding hydrogens is 1450 g/mol. The van der Waals surface area contributed by atoms with Crippen LogP contribution in [0.25, 0.3) is 0 Å². The minimum absolute atomic E-state index is 0.0380. The number of hydrogen-bond donors (Lipinski definition) is 4. The Hall–Kier alpha value is -6.60. The molecule has 4 saturated heterocycles. The van der Waals surface area contributed by atoms with Gasteiger partial charge < -0.3 is 77.2 Å². The number of fused-ring (bicyclic) bond motifs is 10. The van der Waals surface area contributed by atoms with Crippen LogP contribution in [0.3, 0.4) is 0 Å². The standard InChI is InChI=1S/C76H106Cl2N6O20S2/c1-41-23-21-25-55(97-19)75(93)39-53(99-69(91)79-75)43(3)65-73(11,103-65)57(37-61(87)83(15)49-33-47(31-41)35-51(95-17)63(49)77)101-67(89)45(5)81(13)59(85)27-29-71(7,8)105-106-72(9,10)30-28-60(86)82(14)46(6)68(90)102-58-38-62(88)84(16)50-34-48(36-52(96-18)64(50)78)32-42(2)24-22-26-56(98-20)76(94)40-54(100-70(92)80-76)44(4)66-74(58,12)104-66/h21-26,33-36,43-46,53-58,65-66,93-94H,27-32,37-40H2,1-20H3,(H,79,91)(H,80,92)/b25-21+,26-22+,41-23+,42-24+/t43?,44?,45-,46-,53?,54?,55?,56?,57?,58?,65?,66?,73?,74?,75?,76?/m0/s1. The summed E-state index contributed by atoms with van der Waals surface area (Å²) in [5, 5.41) is 29.4. The minimum atomic E-state index is -1.90. The fourth-order valence-electron chi connectivity index (χ4n) is 13.9. The van der Waals surface area contributed by atoms with Crippen LogP contribution in [0.15, 0.2) is 71.9 Å². The summed E-state index contributed by atoms with van der Waals surface area (Å²) in [6.45, 7) is 21.8. The van der Waals surface area contributed by atoms with Crippen molar-refractivity contribution >= 4 is 104 Å². The number of allylic oxidation sites excluding steroid dienone is 6. The van der Waals surface area contributed by atoms with Crippen LogP contribution in [0.5, 0.6) is 11.5 Å². The zero-order chi connectivity index (χ0) is 78.7. The van der Waals surface area contributed by atoms with E-state index >= 15 is 0 Å². The number of ether oxygens (including phenoxy) is 10. The number of epoxide rings is 2. The number of halogens is 2. The van der Waals surface area contributed by atoms with E-state index in [1.54, 1.807) is 112 Å². The van der Waals surface area contributed by atoms with Gasteiger partial charge in [0.25, 0.3) is 0 Å². The molecule has 6 aliphatic heterocycles. The molecule has 6 aliphatic rings. The SMILES string of the molecule is COc1cc2cc(c1Cl)N(C)C(=O)CC(OC(=O)[C@H](C)N(C)C(=O)CCC(C)(C)SSC(C)(C)CCC(=O)N(C)[C@@H](C)C(=O)OC1CC(=O)N(C)c3cc(cc(OC)c3Cl)C/C(C)=C/C=C/C(OC)C3(O)CC(OC(=O)N3)C(C)C3OC13C)C1(C)OC1C(C)C1CC(O)(NC(=O)O1)C(OC)/C=C/C=C(\C)C2. The highest BCUT2D eigenvalue weighted by Gasteiger charge is 2.66. The van der Waals surface area contributed by atoms with Crippen LogP contribution in [0.4, 0.5) is 21.0 Å². The molecule has 0 radical (unpaired) electrons. The number of nitrogens with zero attached hydrogens (tertiary/aromatic N) is 4. The summed E-state index contributed by atoms with van der Waals surface area (Å²) >= 11 is 13.8. The molecule has 16 atom stereocenters. The molecule has 30 heteroatoms. The van der Waals surface area contributed by atoms with E-state index in [-0.39, 0.29) is 47.5 Å². The predicted molar refractivity (Wildman–Crippen MR) is 404 cm³/mol. The maximum absolute atomic E-state index is 14.6. The molecule has 0 aliphatic carbocycles. The lowest BCUT2D eigenvalue weighted by atomic mass is 9.83. The molecule has 2 aromatic carbocycles. The van der Waals surface area contributed by atoms with Gasteiger partial charge >= 0.3 is 24.1 Å². The van der Waals surface area contributed by atoms with E-state index < -0.39 is 154 Å². The van der Waals surface area contributed by atoms with Crippen molar-refractivity contribution in [3.05, 3.63) is 93.0 Å². The van der Waals surface area contributed by atoms with Crippen LogP contribution in [-0.2, 0) is 79.5 Å². The number of esters is 2. The van der Waals surface area contributed by atoms with Gasteiger partial charge in [-0.15, -0.1) is 0 Å². The van der Waals surface area contributed by atoms with Gasteiger partial charge in [0.15, 0.2) is 11.4 Å². The monoisotopic (exact) mass is 1560 g/mol. The number of alkyl carbamates (subject to hydrolysis) is 2. The van der Waals surface area contributed by atoms with Crippen LogP contribution in [0.2, 0.25) is 10.0 Å². The highest BCUT2D eigenvalue weighted by molar-refractivity contribution is 8.77. The topological polar surface area (TPSA) is 313 Å². The third-order valence-electron chi connectivity index (χ3n) is 21.4. The van der Waals surface area contributed by atoms with E-state index in [4.69, 9.17) is 70.6 Å². The van der Waals surface area contributed by atoms with Gasteiger partial charge in [-0.2, -0.15) is 0 Å². The Kier molecular flexibility index (Phi) is 27.4. The first-order valence-electron chi connectivity index (χ1n) is 35.5. The maximum atomic E-state index is 14.6. The van der Waals surface area contributed by atoms with Crippen molar-refractivity contribution in [3.8, 4) is 11.5 Å². The third-order valence-corrected chi connectivity index (χ3v) is 26.5. The number of rotatable bonds is 19. The molecule has 0 saturated carbocycles. The maximum Gasteiger partial charge on any atom is 0.409 e. The Labute approximate surface area is 639 Å². The molecule has 26 nitrogen and oxygen atoms in total. The molecule has 0 spiro atoms. The number of benzene rings is 2. The van der Waals surface area contributed by atoms with Gasteiger partial charge in [-0.25, -0.2) is 19.2 Å². The number of nitrogens with one attached hydrogen (secondary N) is 2. The third kappa shape index (κ3) is 19.7. The van der Waals surface area contributed by atoms with Crippen molar-refractivity contribution in [2.45, 2.75) is 240 Å². The second-order valence-corrected chi connectivity index (χ2v) is 34.8. The van der Waals surface area contributed by atoms with E-state index in [9.17, 15) is 48.6 Å². The number of carbonyl (C=O) groups excluding carboxylic acids is 8. The summed E-state index contributed by atoms with van der Waals surface area (Å²) in [6, 6.07) is 4.82. The fraction of sp³-hybridized carbons (Fsp3) is 0.632. The van der Waals surface area contributed by atoms with Gasteiger partial charge in [-0.05, 0) is 130 Å². The Morgan fingerprint density at radius 3 is 1.31 bits per heavy atom. The van der Waals surface area contributed by atoms with Gasteiger partial charge in [-0.3, -0.25) is 29.8 Å². The van der Waals surface area contributed by atoms with E-state index in [1.165, 1.54) is 76.0 Å². The first kappa shape index (κ1) is 85.0. The number of amides is 6. The molecule has 4 N–H and O–H groups in total. The molecule has 6 heterocycles. The highest BCUT2D eigenvalue weighted by atomic mass is 35.5. The zero-order valence-electron chi connectivity index (χ0n) is 64.4. The first-order valence-corrected chi connectivity index (χ1v) is 38.5. The number of carbonyl (C=O) groups is 8. The zero-order valence-corrected chi connectivity index (χ0v) is 67.5. The van der Waals surface area contributed by atoms with E-state index in [1.807, 2.05) is 53.7 Å². The van der Waals surface area contributed by atoms with Gasteiger partial charge in [0, 0.05) is 89.4 Å². The molecule has 2 aromatic rings. The van der Waals surface area contributed by atoms with Crippen LogP contribution in [0.1, 0.15) is 146 Å². The first-order chi connectivity index (χ1) is 49.5. The predicted octanol–water partition coefficient (Wildman–Crippen LogP) is 10.5. The number of likely N-dealkylation sites (N-methyl/N-ethyl adjacent to an activating group) is 2. The summed E-state index contributed by atoms with van der Waals surface area (Å²) in [5.74, 6) is -3.88. The van der Waals surface area contributed by atoms with Crippen LogP contribution < -0.4 is 29.9 Å². The Morgan fingerprint density at radius 1 is 0.632 bits per heavy atom. The average Bonchev–Trinajstić information content (AvgIpc) is 1.57. The van der Waals surface area contributed by atoms with E-state index in [2.05, 4.69) is 10.6 Å². The minimum Gasteiger partial charge on any atom is -0.495 e. The summed E-state index contributed by atoms with van der Waals surface area (Å²) in [5.41, 5.74) is -2.48. The Balaban J connectivity index is 0.894. The van der Waals surface area contributed by atoms with Gasteiger partial charge in [0.2, 0.25) is 23.6 Å². The van der Waals surface area contributed by atoms with Gasteiger partial charge in [0.1, 0.15) is 81.5 Å². The van der Waals surface area contributed by atoms with E-state index in [0.717, 1.165) is 22.3 Å². The number of aliphatic hydroxyl groups is 2. The second kappa shape index (κ2) is 34.1. The highest BCUT2D eigenvalue weighted by Crippen LogP contribution is 2.52. The van der Waals surface area contributed by atoms with Crippen molar-refractivity contribution in [3.63, 3.8) is 0 Å².